The Kier molecular flexibility index (Phi) is 3.81. The molecule has 0 aromatic rings. The Morgan fingerprint density at radius 3 is 2.44 bits per heavy atom. The van der Waals surface area contributed by atoms with Gasteiger partial charge >= 0.3 is 0 Å². The lowest BCUT2D eigenvalue weighted by atomic mass is 9.90. The average molecular weight is 142 g/mol. The molecule has 0 spiro atoms. The molecule has 0 aromatic carbocycles. The Morgan fingerprint density at radius 1 is 1.56 bits per heavy atom. The number of rotatable bonds is 3. The van der Waals surface area contributed by atoms with Gasteiger partial charge in [-0.3, -0.25) is 0 Å². The molecule has 0 nitrogen and oxygen atoms in total. The van der Waals surface area contributed by atoms with Gasteiger partial charge in [-0.05, 0) is 17.6 Å². The van der Waals surface area contributed by atoms with Gasteiger partial charge in [-0.15, -0.1) is 12.3 Å². The van der Waals surface area contributed by atoms with Crippen LogP contribution in [-0.4, -0.2) is 5.75 Å². The zero-order valence-corrected chi connectivity index (χ0v) is 7.04. The molecule has 0 aliphatic heterocycles. The molecule has 52 valence electrons. The van der Waals surface area contributed by atoms with E-state index < -0.39 is 0 Å². The summed E-state index contributed by atoms with van der Waals surface area (Å²) >= 11 is 4.21. The Labute approximate surface area is 63.4 Å². The van der Waals surface area contributed by atoms with Crippen LogP contribution in [-0.2, 0) is 0 Å². The minimum absolute atomic E-state index is 0.315. The Morgan fingerprint density at radius 2 is 2.11 bits per heavy atom. The second-order valence-corrected chi connectivity index (χ2v) is 3.34. The van der Waals surface area contributed by atoms with E-state index in [1.165, 1.54) is 0 Å². The summed E-state index contributed by atoms with van der Waals surface area (Å²) in [7, 11) is 0. The van der Waals surface area contributed by atoms with E-state index >= 15 is 0 Å². The first-order valence-corrected chi connectivity index (χ1v) is 3.80. The van der Waals surface area contributed by atoms with E-state index in [0.29, 0.717) is 5.41 Å². The van der Waals surface area contributed by atoms with Crippen LogP contribution in [0.2, 0.25) is 0 Å². The van der Waals surface area contributed by atoms with Crippen LogP contribution in [0, 0.1) is 17.8 Å². The zero-order valence-electron chi connectivity index (χ0n) is 6.15. The first-order chi connectivity index (χ1) is 4.12. The highest BCUT2D eigenvalue weighted by atomic mass is 32.1. The Bertz CT molecular complexity index is 108. The van der Waals surface area contributed by atoms with Crippen molar-refractivity contribution in [1.29, 1.82) is 0 Å². The molecule has 0 atom stereocenters. The van der Waals surface area contributed by atoms with Crippen molar-refractivity contribution in [3.8, 4) is 12.3 Å². The summed E-state index contributed by atoms with van der Waals surface area (Å²) in [4.78, 5) is 0. The third-order valence-corrected chi connectivity index (χ3v) is 2.23. The summed E-state index contributed by atoms with van der Waals surface area (Å²) in [5, 5.41) is 0. The largest absolute Gasteiger partial charge is 0.179 e. The molecule has 9 heavy (non-hydrogen) atoms. The Balaban J connectivity index is 3.48. The fourth-order valence-corrected chi connectivity index (χ4v) is 0.648. The predicted octanol–water partition coefficient (Wildman–Crippen LogP) is 2.36. The van der Waals surface area contributed by atoms with Gasteiger partial charge in [0.2, 0.25) is 0 Å². The third kappa shape index (κ3) is 4.42. The molecule has 0 rings (SSSR count). The van der Waals surface area contributed by atoms with Gasteiger partial charge in [0.25, 0.3) is 0 Å². The summed E-state index contributed by atoms with van der Waals surface area (Å²) in [5.74, 6) is 3.54. The molecule has 0 aliphatic carbocycles. The van der Waals surface area contributed by atoms with Crippen molar-refractivity contribution < 1.29 is 0 Å². The molecule has 0 unspecified atom stereocenters. The topological polar surface area (TPSA) is 0 Å². The summed E-state index contributed by atoms with van der Waals surface area (Å²) in [5.41, 5.74) is 0.315. The Hall–Kier alpha value is -0.0900. The van der Waals surface area contributed by atoms with Gasteiger partial charge in [0.1, 0.15) is 0 Å². The minimum Gasteiger partial charge on any atom is -0.179 e. The fourth-order valence-electron chi connectivity index (χ4n) is 0.490. The second kappa shape index (κ2) is 3.85. The smallest absolute Gasteiger partial charge is 0.00914 e. The van der Waals surface area contributed by atoms with Gasteiger partial charge in [-0.1, -0.05) is 13.8 Å². The molecule has 0 heterocycles. The van der Waals surface area contributed by atoms with Gasteiger partial charge in [0.05, 0.1) is 0 Å². The molecule has 0 aliphatic rings. The molecule has 1 heteroatoms. The third-order valence-electron chi connectivity index (χ3n) is 1.37. The van der Waals surface area contributed by atoms with Crippen molar-refractivity contribution >= 4 is 12.6 Å². The maximum absolute atomic E-state index is 5.12. The number of terminal acetylenes is 1. The lowest BCUT2D eigenvalue weighted by Gasteiger charge is -2.19. The van der Waals surface area contributed by atoms with E-state index in [-0.39, 0.29) is 0 Å². The van der Waals surface area contributed by atoms with Crippen molar-refractivity contribution in [3.05, 3.63) is 0 Å². The summed E-state index contributed by atoms with van der Waals surface area (Å²) in [6.45, 7) is 4.36. The first kappa shape index (κ1) is 8.91. The average Bonchev–Trinajstić information content (AvgIpc) is 1.84. The second-order valence-electron chi connectivity index (χ2n) is 3.03. The van der Waals surface area contributed by atoms with Gasteiger partial charge < -0.3 is 0 Å². The van der Waals surface area contributed by atoms with Crippen LogP contribution in [0.4, 0.5) is 0 Å². The van der Waals surface area contributed by atoms with Gasteiger partial charge in [-0.25, -0.2) is 0 Å². The first-order valence-electron chi connectivity index (χ1n) is 3.17. The number of hydrogen-bond donors (Lipinski definition) is 1. The monoisotopic (exact) mass is 142 g/mol. The molecule has 0 radical (unpaired) electrons. The molecule has 0 N–H and O–H groups in total. The molecule has 0 bridgehead atoms. The molecule has 0 aromatic heterocycles. The van der Waals surface area contributed by atoms with Crippen LogP contribution in [0.25, 0.3) is 0 Å². The van der Waals surface area contributed by atoms with Gasteiger partial charge in [0, 0.05) is 6.42 Å². The van der Waals surface area contributed by atoms with Crippen molar-refractivity contribution in [2.75, 3.05) is 5.75 Å². The van der Waals surface area contributed by atoms with Crippen LogP contribution in [0.5, 0.6) is 0 Å². The van der Waals surface area contributed by atoms with E-state index in [1.807, 2.05) is 0 Å². The number of thiol groups is 1. The molecular formula is C8H14S. The van der Waals surface area contributed by atoms with Crippen LogP contribution in [0.1, 0.15) is 26.7 Å². The highest BCUT2D eigenvalue weighted by Gasteiger charge is 2.13. The molecular weight excluding hydrogens is 128 g/mol. The zero-order chi connectivity index (χ0) is 7.33. The van der Waals surface area contributed by atoms with Gasteiger partial charge in [0.15, 0.2) is 0 Å². The molecule has 0 saturated carbocycles. The lowest BCUT2D eigenvalue weighted by molar-refractivity contribution is 0.395. The highest BCUT2D eigenvalue weighted by Crippen LogP contribution is 2.22. The van der Waals surface area contributed by atoms with Crippen LogP contribution in [0.15, 0.2) is 0 Å². The standard InChI is InChI=1S/C8H14S/c1-4-5-6-8(2,3)7-9/h1,9H,5-7H2,2-3H3. The van der Waals surface area contributed by atoms with Crippen molar-refractivity contribution in [1.82, 2.24) is 0 Å². The van der Waals surface area contributed by atoms with E-state index in [0.717, 1.165) is 18.6 Å². The molecule has 0 amide bonds. The molecule has 0 saturated heterocycles. The normalized spacial score (nSPS) is 10.9. The summed E-state index contributed by atoms with van der Waals surface area (Å²) < 4.78 is 0. The van der Waals surface area contributed by atoms with Crippen LogP contribution in [0.3, 0.4) is 0 Å². The number of hydrogen-bond acceptors (Lipinski definition) is 1. The van der Waals surface area contributed by atoms with E-state index in [4.69, 9.17) is 6.42 Å². The summed E-state index contributed by atoms with van der Waals surface area (Å²) in [6, 6.07) is 0. The van der Waals surface area contributed by atoms with E-state index in [2.05, 4.69) is 32.4 Å². The van der Waals surface area contributed by atoms with Crippen molar-refractivity contribution in [2.45, 2.75) is 26.7 Å². The highest BCUT2D eigenvalue weighted by molar-refractivity contribution is 7.80. The van der Waals surface area contributed by atoms with E-state index in [9.17, 15) is 0 Å². The van der Waals surface area contributed by atoms with Crippen molar-refractivity contribution in [3.63, 3.8) is 0 Å². The maximum atomic E-state index is 5.12. The summed E-state index contributed by atoms with van der Waals surface area (Å²) in [6.07, 6.45) is 7.06. The minimum atomic E-state index is 0.315. The van der Waals surface area contributed by atoms with Crippen molar-refractivity contribution in [2.24, 2.45) is 5.41 Å². The van der Waals surface area contributed by atoms with E-state index in [1.54, 1.807) is 0 Å². The van der Waals surface area contributed by atoms with Crippen LogP contribution < -0.4 is 0 Å². The molecule has 0 fully saturated rings. The predicted molar refractivity (Wildman–Crippen MR) is 45.7 cm³/mol. The quantitative estimate of drug-likeness (QED) is 0.454. The van der Waals surface area contributed by atoms with Gasteiger partial charge in [-0.2, -0.15) is 12.6 Å². The van der Waals surface area contributed by atoms with Crippen LogP contribution >= 0.6 is 12.6 Å². The lowest BCUT2D eigenvalue weighted by Crippen LogP contribution is -2.12. The maximum Gasteiger partial charge on any atom is 0.00914 e. The SMILES string of the molecule is C#CCCC(C)(C)CS. The fraction of sp³-hybridized carbons (Fsp3) is 0.750.